The van der Waals surface area contributed by atoms with Crippen LogP contribution in [0.4, 0.5) is 4.39 Å². The van der Waals surface area contributed by atoms with E-state index in [1.807, 2.05) is 23.1 Å². The molecule has 2 aromatic rings. The summed E-state index contributed by atoms with van der Waals surface area (Å²) in [6.07, 6.45) is 1.16. The van der Waals surface area contributed by atoms with E-state index in [4.69, 9.17) is 4.74 Å². The van der Waals surface area contributed by atoms with Gasteiger partial charge in [0.15, 0.2) is 6.61 Å². The summed E-state index contributed by atoms with van der Waals surface area (Å²) in [5.41, 5.74) is 1.20. The van der Waals surface area contributed by atoms with Crippen molar-refractivity contribution in [3.05, 3.63) is 66.0 Å². The molecule has 0 bridgehead atoms. The van der Waals surface area contributed by atoms with Crippen LogP contribution in [-0.2, 0) is 4.79 Å². The summed E-state index contributed by atoms with van der Waals surface area (Å²) in [5.74, 6) is 1.16. The second-order valence-corrected chi connectivity index (χ2v) is 7.83. The monoisotopic (exact) mass is 382 g/mol. The van der Waals surface area contributed by atoms with E-state index in [0.717, 1.165) is 32.6 Å². The highest BCUT2D eigenvalue weighted by Crippen LogP contribution is 2.44. The molecule has 0 unspecified atom stereocenters. The molecule has 4 rings (SSSR count). The minimum atomic E-state index is -0.313. The van der Waals surface area contributed by atoms with E-state index in [1.54, 1.807) is 12.1 Å². The average Bonchev–Trinajstić information content (AvgIpc) is 3.25. The Morgan fingerprint density at radius 3 is 2.54 bits per heavy atom. The Morgan fingerprint density at radius 2 is 1.82 bits per heavy atom. The maximum Gasteiger partial charge on any atom is 0.261 e. The van der Waals surface area contributed by atoms with Crippen LogP contribution < -0.4 is 4.74 Å². The molecule has 0 radical (unpaired) electrons. The Balaban J connectivity index is 1.49. The largest absolute Gasteiger partial charge is 0.484 e. The van der Waals surface area contributed by atoms with Gasteiger partial charge in [-0.15, -0.1) is 0 Å². The molecule has 2 aliphatic heterocycles. The highest BCUT2D eigenvalue weighted by atomic mass is 19.1. The third kappa shape index (κ3) is 3.90. The summed E-state index contributed by atoms with van der Waals surface area (Å²) in [5, 5.41) is 0. The number of rotatable bonds is 6. The van der Waals surface area contributed by atoms with Crippen molar-refractivity contribution in [2.45, 2.75) is 19.4 Å². The number of fused-ring (bicyclic) bond motifs is 1. The summed E-state index contributed by atoms with van der Waals surface area (Å²) in [6.45, 7) is 6.19. The molecule has 2 saturated heterocycles. The molecule has 2 aromatic carbocycles. The smallest absolute Gasteiger partial charge is 0.261 e. The molecule has 2 heterocycles. The second-order valence-electron chi connectivity index (χ2n) is 7.83. The lowest BCUT2D eigenvalue weighted by Gasteiger charge is -2.30. The molecule has 4 nitrogen and oxygen atoms in total. The average molecular weight is 382 g/mol. The van der Waals surface area contributed by atoms with Crippen LogP contribution in [0.5, 0.6) is 5.75 Å². The van der Waals surface area contributed by atoms with Gasteiger partial charge in [0.2, 0.25) is 0 Å². The Kier molecular flexibility index (Phi) is 5.62. The third-order valence-electron chi connectivity index (χ3n) is 5.92. The maximum atomic E-state index is 13.1. The zero-order chi connectivity index (χ0) is 19.5. The van der Waals surface area contributed by atoms with Crippen molar-refractivity contribution < 1.29 is 13.9 Å². The fourth-order valence-corrected chi connectivity index (χ4v) is 4.73. The van der Waals surface area contributed by atoms with Gasteiger partial charge in [-0.25, -0.2) is 4.39 Å². The van der Waals surface area contributed by atoms with Gasteiger partial charge in [0, 0.05) is 25.6 Å². The minimum absolute atomic E-state index is 0.00498. The predicted octanol–water partition coefficient (Wildman–Crippen LogP) is 3.75. The fraction of sp³-hybridized carbons (Fsp3) is 0.435. The Hall–Kier alpha value is -2.40. The van der Waals surface area contributed by atoms with Crippen molar-refractivity contribution in [1.82, 2.24) is 9.80 Å². The Labute approximate surface area is 165 Å². The summed E-state index contributed by atoms with van der Waals surface area (Å²) in [4.78, 5) is 17.5. The van der Waals surface area contributed by atoms with Gasteiger partial charge in [-0.3, -0.25) is 4.79 Å². The van der Waals surface area contributed by atoms with Crippen LogP contribution in [0.1, 0.15) is 24.9 Å². The van der Waals surface area contributed by atoms with Gasteiger partial charge < -0.3 is 14.5 Å². The van der Waals surface area contributed by atoms with E-state index in [0.29, 0.717) is 17.6 Å². The Morgan fingerprint density at radius 1 is 1.07 bits per heavy atom. The molecule has 0 aromatic heterocycles. The van der Waals surface area contributed by atoms with Crippen molar-refractivity contribution in [1.29, 1.82) is 0 Å². The van der Waals surface area contributed by atoms with Gasteiger partial charge in [-0.1, -0.05) is 37.3 Å². The third-order valence-corrected chi connectivity index (χ3v) is 5.92. The van der Waals surface area contributed by atoms with Gasteiger partial charge in [0.1, 0.15) is 11.6 Å². The quantitative estimate of drug-likeness (QED) is 0.763. The normalized spacial score (nSPS) is 24.4. The predicted molar refractivity (Wildman–Crippen MR) is 107 cm³/mol. The van der Waals surface area contributed by atoms with Gasteiger partial charge >= 0.3 is 0 Å². The number of amides is 1. The van der Waals surface area contributed by atoms with E-state index >= 15 is 0 Å². The zero-order valence-corrected chi connectivity index (χ0v) is 16.3. The number of ether oxygens (including phenoxy) is 1. The minimum Gasteiger partial charge on any atom is -0.484 e. The van der Waals surface area contributed by atoms with Crippen LogP contribution in [0.3, 0.4) is 0 Å². The van der Waals surface area contributed by atoms with Crippen LogP contribution in [-0.4, -0.2) is 48.5 Å². The first-order valence-corrected chi connectivity index (χ1v) is 10.1. The SMILES string of the molecule is CCCN1C[C@H]2CN(C(=O)COc3ccc(F)cc3)[C@H](c3ccccc3)[C@H]2C1. The molecule has 2 aliphatic rings. The van der Waals surface area contributed by atoms with Gasteiger partial charge in [-0.05, 0) is 48.7 Å². The zero-order valence-electron chi connectivity index (χ0n) is 16.3. The van der Waals surface area contributed by atoms with E-state index < -0.39 is 0 Å². The number of benzene rings is 2. The van der Waals surface area contributed by atoms with Crippen LogP contribution in [0.25, 0.3) is 0 Å². The van der Waals surface area contributed by atoms with E-state index in [2.05, 4.69) is 24.0 Å². The molecule has 0 spiro atoms. The standard InChI is InChI=1S/C23H27FN2O2/c1-2-12-25-13-18-14-26(22(27)16-28-20-10-8-19(24)9-11-20)23(21(18)15-25)17-6-4-3-5-7-17/h3-11,18,21,23H,2,12-16H2,1H3/t18-,21-,23+/m0/s1. The Bertz CT molecular complexity index is 796. The van der Waals surface area contributed by atoms with Crippen LogP contribution >= 0.6 is 0 Å². The van der Waals surface area contributed by atoms with Crippen LogP contribution in [0.15, 0.2) is 54.6 Å². The number of nitrogens with zero attached hydrogens (tertiary/aromatic N) is 2. The van der Waals surface area contributed by atoms with E-state index in [9.17, 15) is 9.18 Å². The van der Waals surface area contributed by atoms with Crippen LogP contribution in [0, 0.1) is 17.7 Å². The number of carbonyl (C=O) groups excluding carboxylic acids is 1. The lowest BCUT2D eigenvalue weighted by Crippen LogP contribution is -2.38. The summed E-state index contributed by atoms with van der Waals surface area (Å²) >= 11 is 0. The number of hydrogen-bond donors (Lipinski definition) is 0. The second kappa shape index (κ2) is 8.31. The van der Waals surface area contributed by atoms with Crippen molar-refractivity contribution >= 4 is 5.91 Å². The molecule has 0 aliphatic carbocycles. The lowest BCUT2D eigenvalue weighted by atomic mass is 9.89. The lowest BCUT2D eigenvalue weighted by molar-refractivity contribution is -0.135. The first-order chi connectivity index (χ1) is 13.7. The van der Waals surface area contributed by atoms with Crippen molar-refractivity contribution in [3.8, 4) is 5.75 Å². The summed E-state index contributed by atoms with van der Waals surface area (Å²) in [7, 11) is 0. The topological polar surface area (TPSA) is 32.8 Å². The first kappa shape index (κ1) is 18.9. The summed E-state index contributed by atoms with van der Waals surface area (Å²) in [6, 6.07) is 16.2. The summed E-state index contributed by atoms with van der Waals surface area (Å²) < 4.78 is 18.7. The molecule has 3 atom stereocenters. The molecule has 0 saturated carbocycles. The fourth-order valence-electron chi connectivity index (χ4n) is 4.73. The number of hydrogen-bond acceptors (Lipinski definition) is 3. The van der Waals surface area contributed by atoms with E-state index in [-0.39, 0.29) is 24.4 Å². The number of likely N-dealkylation sites (tertiary alicyclic amines) is 2. The molecular formula is C23H27FN2O2. The molecule has 2 fully saturated rings. The van der Waals surface area contributed by atoms with Crippen molar-refractivity contribution in [3.63, 3.8) is 0 Å². The van der Waals surface area contributed by atoms with Crippen LogP contribution in [0.2, 0.25) is 0 Å². The highest BCUT2D eigenvalue weighted by molar-refractivity contribution is 5.78. The van der Waals surface area contributed by atoms with Crippen molar-refractivity contribution in [2.24, 2.45) is 11.8 Å². The van der Waals surface area contributed by atoms with E-state index in [1.165, 1.54) is 17.7 Å². The first-order valence-electron chi connectivity index (χ1n) is 10.1. The molecule has 28 heavy (non-hydrogen) atoms. The van der Waals surface area contributed by atoms with Gasteiger partial charge in [0.25, 0.3) is 5.91 Å². The van der Waals surface area contributed by atoms with Gasteiger partial charge in [-0.2, -0.15) is 0 Å². The molecule has 0 N–H and O–H groups in total. The molecule has 5 heteroatoms. The highest BCUT2D eigenvalue weighted by Gasteiger charge is 2.48. The molecule has 1 amide bonds. The molecular weight excluding hydrogens is 355 g/mol. The van der Waals surface area contributed by atoms with Crippen molar-refractivity contribution in [2.75, 3.05) is 32.8 Å². The van der Waals surface area contributed by atoms with Gasteiger partial charge in [0.05, 0.1) is 6.04 Å². The number of carbonyl (C=O) groups is 1. The molecule has 148 valence electrons. The number of halogens is 1. The maximum absolute atomic E-state index is 13.1.